The summed E-state index contributed by atoms with van der Waals surface area (Å²) in [6.07, 6.45) is 1.39. The minimum Gasteiger partial charge on any atom is -0.461 e. The molecular weight excluding hydrogens is 144 g/mol. The fraction of sp³-hybridized carbons (Fsp3) is 0.429. The van der Waals surface area contributed by atoms with Crippen LogP contribution in [0.5, 0.6) is 0 Å². The molecule has 0 rings (SSSR count). The van der Waals surface area contributed by atoms with Crippen LogP contribution in [0.25, 0.3) is 0 Å². The number of carbonyl (C=O) groups excluding carboxylic acids is 1. The lowest BCUT2D eigenvalue weighted by Gasteiger charge is -1.96. The van der Waals surface area contributed by atoms with Crippen LogP contribution in [-0.2, 0) is 9.53 Å². The van der Waals surface area contributed by atoms with Gasteiger partial charge in [0.2, 0.25) is 0 Å². The number of nitrogens with zero attached hydrogens (tertiary/aromatic N) is 1. The van der Waals surface area contributed by atoms with Crippen molar-refractivity contribution in [2.75, 3.05) is 6.61 Å². The summed E-state index contributed by atoms with van der Waals surface area (Å²) in [5.41, 5.74) is 5.59. The standard InChI is InChI=1S/C7H10N2O2/c1-6(9)5-7(10)11-4-2-3-8/h5H,2,4,9H2,1H3/b6-5-. The number of allylic oxidation sites excluding steroid dienone is 1. The van der Waals surface area contributed by atoms with Crippen LogP contribution in [0.1, 0.15) is 13.3 Å². The Hall–Kier alpha value is -1.50. The maximum Gasteiger partial charge on any atom is 0.332 e. The van der Waals surface area contributed by atoms with Gasteiger partial charge in [0, 0.05) is 11.8 Å². The molecule has 4 nitrogen and oxygen atoms in total. The number of esters is 1. The maximum atomic E-state index is 10.6. The average Bonchev–Trinajstić information content (AvgIpc) is 1.86. The first-order valence-electron chi connectivity index (χ1n) is 3.14. The van der Waals surface area contributed by atoms with Gasteiger partial charge < -0.3 is 10.5 Å². The number of hydrogen-bond acceptors (Lipinski definition) is 4. The fourth-order valence-electron chi connectivity index (χ4n) is 0.425. The molecule has 0 aliphatic heterocycles. The van der Waals surface area contributed by atoms with Gasteiger partial charge in [-0.05, 0) is 6.92 Å². The largest absolute Gasteiger partial charge is 0.461 e. The van der Waals surface area contributed by atoms with E-state index in [4.69, 9.17) is 11.0 Å². The first kappa shape index (κ1) is 9.50. The van der Waals surface area contributed by atoms with E-state index in [1.165, 1.54) is 6.08 Å². The average molecular weight is 154 g/mol. The van der Waals surface area contributed by atoms with E-state index in [0.717, 1.165) is 0 Å². The van der Waals surface area contributed by atoms with Gasteiger partial charge in [-0.25, -0.2) is 4.79 Å². The molecule has 2 N–H and O–H groups in total. The Bertz CT molecular complexity index is 199. The third kappa shape index (κ3) is 6.38. The number of rotatable bonds is 3. The normalized spacial score (nSPS) is 10.4. The van der Waals surface area contributed by atoms with Crippen molar-refractivity contribution in [1.82, 2.24) is 0 Å². The molecule has 0 heterocycles. The smallest absolute Gasteiger partial charge is 0.332 e. The van der Waals surface area contributed by atoms with Gasteiger partial charge in [0.1, 0.15) is 6.61 Å². The molecule has 0 atom stereocenters. The number of nitriles is 1. The summed E-state index contributed by atoms with van der Waals surface area (Å²) in [5.74, 6) is -0.500. The number of hydrogen-bond donors (Lipinski definition) is 1. The van der Waals surface area contributed by atoms with E-state index in [-0.39, 0.29) is 13.0 Å². The molecule has 0 aliphatic rings. The second-order valence-corrected chi connectivity index (χ2v) is 1.96. The highest BCUT2D eigenvalue weighted by Crippen LogP contribution is 1.86. The van der Waals surface area contributed by atoms with Crippen molar-refractivity contribution in [3.8, 4) is 6.07 Å². The van der Waals surface area contributed by atoms with Crippen molar-refractivity contribution < 1.29 is 9.53 Å². The minimum absolute atomic E-state index is 0.124. The van der Waals surface area contributed by atoms with E-state index in [1.807, 2.05) is 6.07 Å². The Morgan fingerprint density at radius 2 is 2.45 bits per heavy atom. The topological polar surface area (TPSA) is 76.1 Å². The lowest BCUT2D eigenvalue weighted by molar-refractivity contribution is -0.137. The summed E-state index contributed by atoms with van der Waals surface area (Å²) in [4.78, 5) is 10.6. The van der Waals surface area contributed by atoms with E-state index in [9.17, 15) is 4.79 Å². The maximum absolute atomic E-state index is 10.6. The van der Waals surface area contributed by atoms with E-state index in [0.29, 0.717) is 5.70 Å². The molecular formula is C7H10N2O2. The van der Waals surface area contributed by atoms with Crippen molar-refractivity contribution >= 4 is 5.97 Å². The van der Waals surface area contributed by atoms with E-state index in [1.54, 1.807) is 6.92 Å². The van der Waals surface area contributed by atoms with Crippen molar-refractivity contribution in [2.45, 2.75) is 13.3 Å². The summed E-state index contributed by atoms with van der Waals surface area (Å²) in [5, 5.41) is 8.08. The number of ether oxygens (including phenoxy) is 1. The van der Waals surface area contributed by atoms with Crippen LogP contribution in [0.3, 0.4) is 0 Å². The first-order chi connectivity index (χ1) is 5.16. The zero-order valence-electron chi connectivity index (χ0n) is 6.33. The molecule has 60 valence electrons. The third-order valence-electron chi connectivity index (χ3n) is 0.804. The van der Waals surface area contributed by atoms with Crippen molar-refractivity contribution in [3.63, 3.8) is 0 Å². The fourth-order valence-corrected chi connectivity index (χ4v) is 0.425. The highest BCUT2D eigenvalue weighted by molar-refractivity contribution is 5.82. The van der Waals surface area contributed by atoms with Gasteiger partial charge in [-0.2, -0.15) is 5.26 Å². The molecule has 0 spiro atoms. The molecule has 0 aromatic carbocycles. The Morgan fingerprint density at radius 3 is 2.91 bits per heavy atom. The number of carbonyl (C=O) groups is 1. The Balaban J connectivity index is 3.56. The molecule has 0 aromatic rings. The lowest BCUT2D eigenvalue weighted by Crippen LogP contribution is -2.04. The van der Waals surface area contributed by atoms with Gasteiger partial charge in [0.15, 0.2) is 0 Å². The summed E-state index contributed by atoms with van der Waals surface area (Å²) in [6.45, 7) is 1.71. The summed E-state index contributed by atoms with van der Waals surface area (Å²) in [6, 6.07) is 1.85. The molecule has 0 amide bonds. The van der Waals surface area contributed by atoms with E-state index < -0.39 is 5.97 Å². The minimum atomic E-state index is -0.500. The molecule has 0 bridgehead atoms. The van der Waals surface area contributed by atoms with Gasteiger partial charge in [0.25, 0.3) is 0 Å². The van der Waals surface area contributed by atoms with Crippen molar-refractivity contribution in [1.29, 1.82) is 5.26 Å². The second-order valence-electron chi connectivity index (χ2n) is 1.96. The zero-order chi connectivity index (χ0) is 8.69. The zero-order valence-corrected chi connectivity index (χ0v) is 6.33. The van der Waals surface area contributed by atoms with Crippen LogP contribution in [0.2, 0.25) is 0 Å². The van der Waals surface area contributed by atoms with Gasteiger partial charge >= 0.3 is 5.97 Å². The summed E-state index contributed by atoms with van der Waals surface area (Å²) < 4.78 is 4.58. The Labute approximate surface area is 65.2 Å². The molecule has 4 heteroatoms. The molecule has 0 saturated carbocycles. The third-order valence-corrected chi connectivity index (χ3v) is 0.804. The van der Waals surface area contributed by atoms with E-state index in [2.05, 4.69) is 4.74 Å². The van der Waals surface area contributed by atoms with Gasteiger partial charge in [-0.1, -0.05) is 0 Å². The van der Waals surface area contributed by atoms with E-state index >= 15 is 0 Å². The number of nitrogens with two attached hydrogens (primary N) is 1. The molecule has 0 aliphatic carbocycles. The lowest BCUT2D eigenvalue weighted by atomic mass is 10.4. The quantitative estimate of drug-likeness (QED) is 0.360. The summed E-state index contributed by atoms with van der Waals surface area (Å²) in [7, 11) is 0. The van der Waals surface area contributed by atoms with Gasteiger partial charge in [0.05, 0.1) is 12.5 Å². The predicted octanol–water partition coefficient (Wildman–Crippen LogP) is 0.306. The Morgan fingerprint density at radius 1 is 1.82 bits per heavy atom. The van der Waals surface area contributed by atoms with Crippen LogP contribution >= 0.6 is 0 Å². The highest BCUT2D eigenvalue weighted by atomic mass is 16.5. The Kier molecular flexibility index (Phi) is 4.58. The molecule has 0 unspecified atom stereocenters. The van der Waals surface area contributed by atoms with Crippen LogP contribution in [0, 0.1) is 11.3 Å². The van der Waals surface area contributed by atoms with Crippen LogP contribution in [-0.4, -0.2) is 12.6 Å². The predicted molar refractivity (Wildman–Crippen MR) is 39.1 cm³/mol. The first-order valence-corrected chi connectivity index (χ1v) is 3.14. The van der Waals surface area contributed by atoms with Gasteiger partial charge in [-0.3, -0.25) is 0 Å². The monoisotopic (exact) mass is 154 g/mol. The molecule has 0 saturated heterocycles. The molecule has 0 aromatic heterocycles. The molecule has 0 fully saturated rings. The highest BCUT2D eigenvalue weighted by Gasteiger charge is 1.95. The second kappa shape index (κ2) is 5.30. The van der Waals surface area contributed by atoms with Crippen LogP contribution < -0.4 is 5.73 Å². The molecule has 0 radical (unpaired) electrons. The van der Waals surface area contributed by atoms with Crippen LogP contribution in [0.4, 0.5) is 0 Å². The molecule has 11 heavy (non-hydrogen) atoms. The SMILES string of the molecule is C/C(N)=C/C(=O)OCCC#N. The van der Waals surface area contributed by atoms with Crippen molar-refractivity contribution in [2.24, 2.45) is 5.73 Å². The van der Waals surface area contributed by atoms with Gasteiger partial charge in [-0.15, -0.1) is 0 Å². The van der Waals surface area contributed by atoms with Crippen LogP contribution in [0.15, 0.2) is 11.8 Å². The van der Waals surface area contributed by atoms with Crippen molar-refractivity contribution in [3.05, 3.63) is 11.8 Å². The summed E-state index contributed by atoms with van der Waals surface area (Å²) >= 11 is 0.